The fourth-order valence-electron chi connectivity index (χ4n) is 4.17. The maximum Gasteiger partial charge on any atom is 0.240 e. The van der Waals surface area contributed by atoms with Crippen molar-refractivity contribution in [1.82, 2.24) is 14.9 Å². The van der Waals surface area contributed by atoms with Crippen molar-refractivity contribution in [3.05, 3.63) is 90.0 Å². The SMILES string of the molecule is CCOc1ccc([C@@H]2Nn3c(nnc3-c3ccccc3)S[C@H]2C(=O)Nc2ccccc2CC)cc1. The van der Waals surface area contributed by atoms with Gasteiger partial charge in [-0.15, -0.1) is 10.2 Å². The number of rotatable bonds is 7. The van der Waals surface area contributed by atoms with Gasteiger partial charge in [-0.1, -0.05) is 79.3 Å². The summed E-state index contributed by atoms with van der Waals surface area (Å²) in [4.78, 5) is 13.6. The van der Waals surface area contributed by atoms with Crippen LogP contribution in [0.25, 0.3) is 11.4 Å². The van der Waals surface area contributed by atoms with E-state index in [1.165, 1.54) is 11.8 Å². The molecule has 4 aromatic rings. The van der Waals surface area contributed by atoms with Gasteiger partial charge in [0.25, 0.3) is 0 Å². The van der Waals surface area contributed by atoms with Crippen molar-refractivity contribution in [3.63, 3.8) is 0 Å². The molecule has 7 nitrogen and oxygen atoms in total. The van der Waals surface area contributed by atoms with Gasteiger partial charge >= 0.3 is 0 Å². The lowest BCUT2D eigenvalue weighted by atomic mass is 10.0. The normalized spacial score (nSPS) is 16.7. The zero-order valence-corrected chi connectivity index (χ0v) is 20.5. The van der Waals surface area contributed by atoms with E-state index in [0.29, 0.717) is 17.6 Å². The molecule has 3 aromatic carbocycles. The lowest BCUT2D eigenvalue weighted by Crippen LogP contribution is -2.41. The number of nitrogens with one attached hydrogen (secondary N) is 2. The number of thioether (sulfide) groups is 1. The Morgan fingerprint density at radius 3 is 2.49 bits per heavy atom. The molecule has 0 aliphatic carbocycles. The fourth-order valence-corrected chi connectivity index (χ4v) is 5.25. The molecule has 2 atom stereocenters. The Labute approximate surface area is 208 Å². The summed E-state index contributed by atoms with van der Waals surface area (Å²) in [7, 11) is 0. The van der Waals surface area contributed by atoms with Crippen molar-refractivity contribution >= 4 is 23.4 Å². The van der Waals surface area contributed by atoms with Gasteiger partial charge in [-0.3, -0.25) is 4.79 Å². The number of anilines is 1. The number of amides is 1. The van der Waals surface area contributed by atoms with Gasteiger partial charge in [0, 0.05) is 11.3 Å². The van der Waals surface area contributed by atoms with Crippen LogP contribution in [-0.4, -0.2) is 32.6 Å². The Kier molecular flexibility index (Phi) is 6.72. The predicted octanol–water partition coefficient (Wildman–Crippen LogP) is 5.30. The van der Waals surface area contributed by atoms with Crippen LogP contribution in [0.15, 0.2) is 84.0 Å². The second-order valence-electron chi connectivity index (χ2n) is 8.15. The number of carbonyl (C=O) groups is 1. The lowest BCUT2D eigenvalue weighted by molar-refractivity contribution is -0.116. The summed E-state index contributed by atoms with van der Waals surface area (Å²) >= 11 is 1.41. The average molecular weight is 486 g/mol. The zero-order chi connectivity index (χ0) is 24.2. The van der Waals surface area contributed by atoms with Crippen molar-refractivity contribution in [2.45, 2.75) is 36.7 Å². The minimum absolute atomic E-state index is 0.0854. The van der Waals surface area contributed by atoms with E-state index >= 15 is 0 Å². The molecular formula is C27H27N5O2S. The first-order chi connectivity index (χ1) is 17.2. The molecule has 0 radical (unpaired) electrons. The Hall–Kier alpha value is -3.78. The largest absolute Gasteiger partial charge is 0.494 e. The first-order valence-electron chi connectivity index (χ1n) is 11.7. The Bertz CT molecular complexity index is 1310. The van der Waals surface area contributed by atoms with Crippen LogP contribution in [0.2, 0.25) is 0 Å². The molecule has 1 aromatic heterocycles. The van der Waals surface area contributed by atoms with Gasteiger partial charge in [0.2, 0.25) is 11.1 Å². The number of para-hydroxylation sites is 1. The molecule has 0 bridgehead atoms. The third-order valence-corrected chi connectivity index (χ3v) is 7.15. The standard InChI is InChI=1S/C27H27N5O2S/c1-3-18-10-8-9-13-22(18)28-26(33)24-23(19-14-16-21(17-15-19)34-4-2)31-32-25(29-30-27(32)35-24)20-11-6-5-7-12-20/h5-17,23-24,31H,3-4H2,1-2H3,(H,28,33)/t23-,24+/m0/s1. The highest BCUT2D eigenvalue weighted by molar-refractivity contribution is 8.00. The quantitative estimate of drug-likeness (QED) is 0.370. The van der Waals surface area contributed by atoms with Gasteiger partial charge in [0.05, 0.1) is 12.6 Å². The first-order valence-corrected chi connectivity index (χ1v) is 12.6. The van der Waals surface area contributed by atoms with Crippen LogP contribution in [0, 0.1) is 0 Å². The highest BCUT2D eigenvalue weighted by Crippen LogP contribution is 2.39. The van der Waals surface area contributed by atoms with Crippen molar-refractivity contribution in [1.29, 1.82) is 0 Å². The topological polar surface area (TPSA) is 81.1 Å². The molecule has 0 saturated carbocycles. The predicted molar refractivity (Wildman–Crippen MR) is 139 cm³/mol. The summed E-state index contributed by atoms with van der Waals surface area (Å²) in [5.74, 6) is 1.42. The summed E-state index contributed by atoms with van der Waals surface area (Å²) in [5, 5.41) is 12.1. The monoisotopic (exact) mass is 485 g/mol. The van der Waals surface area contributed by atoms with Crippen molar-refractivity contribution < 1.29 is 9.53 Å². The third-order valence-electron chi connectivity index (χ3n) is 5.93. The van der Waals surface area contributed by atoms with Gasteiger partial charge in [0.1, 0.15) is 11.0 Å². The van der Waals surface area contributed by atoms with E-state index in [9.17, 15) is 4.79 Å². The summed E-state index contributed by atoms with van der Waals surface area (Å²) < 4.78 is 7.50. The van der Waals surface area contributed by atoms with Crippen LogP contribution in [0.1, 0.15) is 31.0 Å². The molecule has 1 aliphatic rings. The number of aromatic nitrogens is 3. The zero-order valence-electron chi connectivity index (χ0n) is 19.6. The van der Waals surface area contributed by atoms with Gasteiger partial charge in [-0.25, -0.2) is 4.68 Å². The van der Waals surface area contributed by atoms with E-state index in [1.807, 2.05) is 90.5 Å². The van der Waals surface area contributed by atoms with E-state index in [4.69, 9.17) is 4.74 Å². The Morgan fingerprint density at radius 1 is 1.00 bits per heavy atom. The maximum absolute atomic E-state index is 13.6. The molecule has 0 saturated heterocycles. The highest BCUT2D eigenvalue weighted by atomic mass is 32.2. The first kappa shape index (κ1) is 23.0. The number of hydrogen-bond acceptors (Lipinski definition) is 6. The summed E-state index contributed by atoms with van der Waals surface area (Å²) in [6.45, 7) is 4.64. The van der Waals surface area contributed by atoms with Gasteiger partial charge < -0.3 is 15.5 Å². The van der Waals surface area contributed by atoms with Crippen LogP contribution < -0.4 is 15.5 Å². The van der Waals surface area contributed by atoms with E-state index < -0.39 is 5.25 Å². The van der Waals surface area contributed by atoms with Crippen molar-refractivity contribution in [2.24, 2.45) is 0 Å². The van der Waals surface area contributed by atoms with Crippen LogP contribution >= 0.6 is 11.8 Å². The van der Waals surface area contributed by atoms with Crippen molar-refractivity contribution in [2.75, 3.05) is 17.3 Å². The summed E-state index contributed by atoms with van der Waals surface area (Å²) in [6.07, 6.45) is 0.837. The molecule has 0 spiro atoms. The molecule has 0 fully saturated rings. The average Bonchev–Trinajstić information content (AvgIpc) is 3.32. The number of nitrogens with zero attached hydrogens (tertiary/aromatic N) is 3. The van der Waals surface area contributed by atoms with E-state index in [1.54, 1.807) is 0 Å². The molecule has 2 N–H and O–H groups in total. The van der Waals surface area contributed by atoms with Gasteiger partial charge in [-0.05, 0) is 42.7 Å². The van der Waals surface area contributed by atoms with Gasteiger partial charge in [0.15, 0.2) is 5.82 Å². The lowest BCUT2D eigenvalue weighted by Gasteiger charge is -2.33. The Morgan fingerprint density at radius 2 is 1.74 bits per heavy atom. The molecule has 1 aliphatic heterocycles. The third kappa shape index (κ3) is 4.74. The fraction of sp³-hybridized carbons (Fsp3) is 0.222. The molecule has 8 heteroatoms. The van der Waals surface area contributed by atoms with E-state index in [2.05, 4.69) is 27.9 Å². The van der Waals surface area contributed by atoms with Crippen LogP contribution in [0.3, 0.4) is 0 Å². The maximum atomic E-state index is 13.6. The number of aryl methyl sites for hydroxylation is 1. The van der Waals surface area contributed by atoms with Crippen LogP contribution in [-0.2, 0) is 11.2 Å². The minimum atomic E-state index is -0.460. The second-order valence-corrected chi connectivity index (χ2v) is 9.26. The number of carbonyl (C=O) groups excluding carboxylic acids is 1. The molecule has 35 heavy (non-hydrogen) atoms. The molecule has 178 valence electrons. The van der Waals surface area contributed by atoms with E-state index in [0.717, 1.165) is 34.5 Å². The highest BCUT2D eigenvalue weighted by Gasteiger charge is 2.38. The molecule has 0 unspecified atom stereocenters. The van der Waals surface area contributed by atoms with Crippen LogP contribution in [0.5, 0.6) is 5.75 Å². The number of fused-ring (bicyclic) bond motifs is 1. The number of benzene rings is 3. The molecule has 5 rings (SSSR count). The summed E-state index contributed by atoms with van der Waals surface area (Å²) in [5.41, 5.74) is 7.39. The van der Waals surface area contributed by atoms with E-state index in [-0.39, 0.29) is 11.9 Å². The number of hydrogen-bond donors (Lipinski definition) is 2. The second kappa shape index (κ2) is 10.2. The van der Waals surface area contributed by atoms with Crippen molar-refractivity contribution in [3.8, 4) is 17.1 Å². The molecular weight excluding hydrogens is 458 g/mol. The van der Waals surface area contributed by atoms with Gasteiger partial charge in [-0.2, -0.15) is 0 Å². The summed E-state index contributed by atoms with van der Waals surface area (Å²) in [6, 6.07) is 25.4. The number of ether oxygens (including phenoxy) is 1. The minimum Gasteiger partial charge on any atom is -0.494 e. The van der Waals surface area contributed by atoms with Crippen LogP contribution in [0.4, 0.5) is 5.69 Å². The smallest absolute Gasteiger partial charge is 0.240 e. The molecule has 1 amide bonds. The molecule has 2 heterocycles. The Balaban J connectivity index is 1.50.